The number of carbonyl (C=O) groups excluding carboxylic acids is 1. The van der Waals surface area contributed by atoms with Crippen molar-refractivity contribution in [3.63, 3.8) is 0 Å². The second-order valence-electron chi connectivity index (χ2n) is 7.08. The van der Waals surface area contributed by atoms with E-state index >= 15 is 0 Å². The highest BCUT2D eigenvalue weighted by molar-refractivity contribution is 5.75. The average molecular weight is 299 g/mol. The summed E-state index contributed by atoms with van der Waals surface area (Å²) in [5.41, 5.74) is 1.39. The zero-order chi connectivity index (χ0) is 14.9. The number of fused-ring (bicyclic) bond motifs is 1. The summed E-state index contributed by atoms with van der Waals surface area (Å²) in [6.45, 7) is 5.24. The maximum atomic E-state index is 12.1. The maximum absolute atomic E-state index is 12.1. The van der Waals surface area contributed by atoms with Gasteiger partial charge in [0.2, 0.25) is 0 Å². The molecule has 3 atom stereocenters. The molecule has 1 aromatic rings. The van der Waals surface area contributed by atoms with E-state index in [9.17, 15) is 4.79 Å². The number of nitrogens with one attached hydrogen (secondary N) is 1. The van der Waals surface area contributed by atoms with Gasteiger partial charge in [-0.2, -0.15) is 0 Å². The van der Waals surface area contributed by atoms with Gasteiger partial charge in [0.1, 0.15) is 0 Å². The Hall–Kier alpha value is -1.55. The summed E-state index contributed by atoms with van der Waals surface area (Å²) >= 11 is 0. The molecule has 3 fully saturated rings. The summed E-state index contributed by atoms with van der Waals surface area (Å²) in [5, 5.41) is 3.30. The fraction of sp³-hybridized carbons (Fsp3) is 0.611. The van der Waals surface area contributed by atoms with E-state index in [1.54, 1.807) is 0 Å². The van der Waals surface area contributed by atoms with Gasteiger partial charge in [0.25, 0.3) is 0 Å². The molecular weight excluding hydrogens is 274 g/mol. The molecule has 2 saturated heterocycles. The van der Waals surface area contributed by atoms with Crippen LogP contribution < -0.4 is 5.32 Å². The van der Waals surface area contributed by atoms with Crippen LogP contribution in [-0.2, 0) is 6.54 Å². The molecule has 3 unspecified atom stereocenters. The Kier molecular flexibility index (Phi) is 3.78. The zero-order valence-corrected chi connectivity index (χ0v) is 13.1. The predicted octanol–water partition coefficient (Wildman–Crippen LogP) is 2.31. The quantitative estimate of drug-likeness (QED) is 0.929. The highest BCUT2D eigenvalue weighted by atomic mass is 16.2. The smallest absolute Gasteiger partial charge is 0.317 e. The van der Waals surface area contributed by atoms with E-state index in [-0.39, 0.29) is 6.03 Å². The van der Waals surface area contributed by atoms with Crippen LogP contribution in [0, 0.1) is 11.8 Å². The second kappa shape index (κ2) is 5.92. The Morgan fingerprint density at radius 2 is 1.95 bits per heavy atom. The van der Waals surface area contributed by atoms with E-state index in [1.165, 1.54) is 18.5 Å². The standard InChI is InChI=1S/C18H25N3O/c22-18(21-9-4-10-21)19-17-8-7-15-12-20(13-16(15)17)11-14-5-2-1-3-6-14/h1-3,5-6,15-17H,4,7-13H2,(H,19,22). The molecule has 22 heavy (non-hydrogen) atoms. The Labute approximate surface area is 132 Å². The van der Waals surface area contributed by atoms with Crippen LogP contribution in [-0.4, -0.2) is 48.1 Å². The van der Waals surface area contributed by atoms with Crippen molar-refractivity contribution in [2.45, 2.75) is 31.8 Å². The molecule has 118 valence electrons. The number of benzene rings is 1. The molecule has 2 aliphatic heterocycles. The Balaban J connectivity index is 1.33. The van der Waals surface area contributed by atoms with Gasteiger partial charge in [0, 0.05) is 38.8 Å². The summed E-state index contributed by atoms with van der Waals surface area (Å²) in [6, 6.07) is 11.3. The van der Waals surface area contributed by atoms with Crippen LogP contribution in [0.5, 0.6) is 0 Å². The molecule has 4 heteroatoms. The lowest BCUT2D eigenvalue weighted by Crippen LogP contribution is -2.51. The molecule has 0 aromatic heterocycles. The summed E-state index contributed by atoms with van der Waals surface area (Å²) in [6.07, 6.45) is 3.59. The summed E-state index contributed by atoms with van der Waals surface area (Å²) in [5.74, 6) is 1.42. The topological polar surface area (TPSA) is 35.6 Å². The molecular formula is C18H25N3O. The first-order valence-electron chi connectivity index (χ1n) is 8.61. The molecule has 1 aromatic carbocycles. The number of hydrogen-bond acceptors (Lipinski definition) is 2. The zero-order valence-electron chi connectivity index (χ0n) is 13.1. The SMILES string of the molecule is O=C(NC1CCC2CN(Cc3ccccc3)CC21)N1CCC1. The van der Waals surface area contributed by atoms with Crippen molar-refractivity contribution in [1.29, 1.82) is 0 Å². The number of amides is 2. The number of carbonyl (C=O) groups is 1. The Morgan fingerprint density at radius 1 is 1.14 bits per heavy atom. The molecule has 4 nitrogen and oxygen atoms in total. The molecule has 2 heterocycles. The highest BCUT2D eigenvalue weighted by Crippen LogP contribution is 2.38. The van der Waals surface area contributed by atoms with Gasteiger partial charge in [0.15, 0.2) is 0 Å². The predicted molar refractivity (Wildman–Crippen MR) is 86.4 cm³/mol. The van der Waals surface area contributed by atoms with Gasteiger partial charge in [0.05, 0.1) is 0 Å². The first-order chi connectivity index (χ1) is 10.8. The summed E-state index contributed by atoms with van der Waals surface area (Å²) < 4.78 is 0. The average Bonchev–Trinajstić information content (AvgIpc) is 3.00. The number of likely N-dealkylation sites (tertiary alicyclic amines) is 2. The van der Waals surface area contributed by atoms with Crippen molar-refractivity contribution in [3.05, 3.63) is 35.9 Å². The number of urea groups is 1. The van der Waals surface area contributed by atoms with Crippen LogP contribution in [0.4, 0.5) is 4.79 Å². The minimum Gasteiger partial charge on any atom is -0.335 e. The van der Waals surface area contributed by atoms with Crippen LogP contribution in [0.3, 0.4) is 0 Å². The Morgan fingerprint density at radius 3 is 2.68 bits per heavy atom. The maximum Gasteiger partial charge on any atom is 0.317 e. The van der Waals surface area contributed by atoms with E-state index in [4.69, 9.17) is 0 Å². The fourth-order valence-electron chi connectivity index (χ4n) is 4.28. The van der Waals surface area contributed by atoms with Crippen molar-refractivity contribution in [3.8, 4) is 0 Å². The van der Waals surface area contributed by atoms with Crippen LogP contribution in [0.2, 0.25) is 0 Å². The normalized spacial score (nSPS) is 30.9. The van der Waals surface area contributed by atoms with Gasteiger partial charge in [-0.25, -0.2) is 4.79 Å². The minimum absolute atomic E-state index is 0.165. The molecule has 4 rings (SSSR count). The van der Waals surface area contributed by atoms with E-state index in [0.29, 0.717) is 12.0 Å². The second-order valence-corrected chi connectivity index (χ2v) is 7.08. The number of hydrogen-bond donors (Lipinski definition) is 1. The van der Waals surface area contributed by atoms with Crippen molar-refractivity contribution in [2.24, 2.45) is 11.8 Å². The molecule has 1 saturated carbocycles. The molecule has 3 aliphatic rings. The molecule has 0 radical (unpaired) electrons. The van der Waals surface area contributed by atoms with Crippen LogP contribution >= 0.6 is 0 Å². The van der Waals surface area contributed by atoms with E-state index < -0.39 is 0 Å². The van der Waals surface area contributed by atoms with Crippen molar-refractivity contribution in [2.75, 3.05) is 26.2 Å². The Bertz CT molecular complexity index is 528. The third-order valence-electron chi connectivity index (χ3n) is 5.63. The number of nitrogens with zero attached hydrogens (tertiary/aromatic N) is 2. The van der Waals surface area contributed by atoms with Crippen molar-refractivity contribution < 1.29 is 4.79 Å². The van der Waals surface area contributed by atoms with E-state index in [2.05, 4.69) is 40.5 Å². The monoisotopic (exact) mass is 299 g/mol. The largest absolute Gasteiger partial charge is 0.335 e. The summed E-state index contributed by atoms with van der Waals surface area (Å²) in [4.78, 5) is 16.6. The summed E-state index contributed by atoms with van der Waals surface area (Å²) in [7, 11) is 0. The first-order valence-corrected chi connectivity index (χ1v) is 8.61. The third kappa shape index (κ3) is 2.72. The molecule has 1 N–H and O–H groups in total. The van der Waals surface area contributed by atoms with E-state index in [1.807, 2.05) is 4.90 Å². The highest BCUT2D eigenvalue weighted by Gasteiger charge is 2.43. The lowest BCUT2D eigenvalue weighted by molar-refractivity contribution is 0.160. The number of rotatable bonds is 3. The van der Waals surface area contributed by atoms with Crippen molar-refractivity contribution in [1.82, 2.24) is 15.1 Å². The minimum atomic E-state index is 0.165. The van der Waals surface area contributed by atoms with Crippen molar-refractivity contribution >= 4 is 6.03 Å². The lowest BCUT2D eigenvalue weighted by Gasteiger charge is -2.33. The van der Waals surface area contributed by atoms with Gasteiger partial charge in [-0.05, 0) is 36.7 Å². The van der Waals surface area contributed by atoms with Gasteiger partial charge in [-0.1, -0.05) is 30.3 Å². The molecule has 0 spiro atoms. The van der Waals surface area contributed by atoms with E-state index in [0.717, 1.165) is 44.9 Å². The van der Waals surface area contributed by atoms with Crippen LogP contribution in [0.1, 0.15) is 24.8 Å². The molecule has 0 bridgehead atoms. The van der Waals surface area contributed by atoms with Gasteiger partial charge in [-0.15, -0.1) is 0 Å². The third-order valence-corrected chi connectivity index (χ3v) is 5.63. The van der Waals surface area contributed by atoms with Crippen LogP contribution in [0.25, 0.3) is 0 Å². The molecule has 2 amide bonds. The van der Waals surface area contributed by atoms with Gasteiger partial charge >= 0.3 is 6.03 Å². The first kappa shape index (κ1) is 14.1. The fourth-order valence-corrected chi connectivity index (χ4v) is 4.28. The lowest BCUT2D eigenvalue weighted by atomic mass is 9.98. The van der Waals surface area contributed by atoms with Gasteiger partial charge < -0.3 is 10.2 Å². The van der Waals surface area contributed by atoms with Crippen LogP contribution in [0.15, 0.2) is 30.3 Å². The molecule has 1 aliphatic carbocycles. The van der Waals surface area contributed by atoms with Gasteiger partial charge in [-0.3, -0.25) is 4.90 Å².